The lowest BCUT2D eigenvalue weighted by Crippen LogP contribution is -2.50. The predicted molar refractivity (Wildman–Crippen MR) is 133 cm³/mol. The molecule has 164 valence electrons. The molecule has 32 heavy (non-hydrogen) atoms. The van der Waals surface area contributed by atoms with Gasteiger partial charge in [-0.05, 0) is 48.6 Å². The van der Waals surface area contributed by atoms with Crippen LogP contribution in [0.5, 0.6) is 0 Å². The summed E-state index contributed by atoms with van der Waals surface area (Å²) in [5.41, 5.74) is 4.46. The fourth-order valence-corrected chi connectivity index (χ4v) is 5.03. The van der Waals surface area contributed by atoms with E-state index in [1.807, 2.05) is 56.3 Å². The van der Waals surface area contributed by atoms with Gasteiger partial charge in [-0.15, -0.1) is 0 Å². The molecule has 0 amide bonds. The molecule has 1 N–H and O–H groups in total. The molecule has 0 saturated carbocycles. The number of hydrogen-bond acceptors (Lipinski definition) is 3. The van der Waals surface area contributed by atoms with Gasteiger partial charge in [0.2, 0.25) is 0 Å². The van der Waals surface area contributed by atoms with Gasteiger partial charge in [0.25, 0.3) is 0 Å². The Balaban J connectivity index is 1.62. The Hall–Kier alpha value is -2.98. The molecule has 0 spiro atoms. The van der Waals surface area contributed by atoms with Crippen molar-refractivity contribution in [2.75, 3.05) is 13.1 Å². The molecular weight excluding hydrogens is 397 g/mol. The number of fused-ring (bicyclic) bond motifs is 3. The van der Waals surface area contributed by atoms with E-state index >= 15 is 4.39 Å². The van der Waals surface area contributed by atoms with E-state index in [4.69, 9.17) is 4.99 Å². The largest absolute Gasteiger partial charge is 0.368 e. The average Bonchev–Trinajstić information content (AvgIpc) is 3.16. The molecule has 2 saturated heterocycles. The maximum absolute atomic E-state index is 16.2. The van der Waals surface area contributed by atoms with Crippen LogP contribution in [0.4, 0.5) is 10.1 Å². The van der Waals surface area contributed by atoms with Crippen molar-refractivity contribution in [3.05, 3.63) is 72.6 Å². The SMILES string of the molecule is C=C(c1ccc(-c2cccc3ccccc23)c(F)c1N=C(C)CC)N1CC2CCC(C1)N2. The molecule has 0 radical (unpaired) electrons. The summed E-state index contributed by atoms with van der Waals surface area (Å²) in [4.78, 5) is 7.06. The minimum Gasteiger partial charge on any atom is -0.368 e. The van der Waals surface area contributed by atoms with Crippen molar-refractivity contribution in [2.24, 2.45) is 4.99 Å². The van der Waals surface area contributed by atoms with E-state index in [9.17, 15) is 0 Å². The van der Waals surface area contributed by atoms with Crippen LogP contribution in [0.25, 0.3) is 27.6 Å². The van der Waals surface area contributed by atoms with Crippen LogP contribution in [0, 0.1) is 5.82 Å². The highest BCUT2D eigenvalue weighted by molar-refractivity contribution is 5.98. The Morgan fingerprint density at radius 1 is 1.03 bits per heavy atom. The molecule has 5 rings (SSSR count). The number of aliphatic imine (C=N–C) groups is 1. The molecule has 2 atom stereocenters. The summed E-state index contributed by atoms with van der Waals surface area (Å²) in [5, 5.41) is 5.80. The number of nitrogens with one attached hydrogen (secondary N) is 1. The predicted octanol–water partition coefficient (Wildman–Crippen LogP) is 6.56. The molecule has 2 heterocycles. The van der Waals surface area contributed by atoms with Crippen LogP contribution < -0.4 is 5.32 Å². The first-order chi connectivity index (χ1) is 15.5. The number of likely N-dealkylation sites (tertiary alicyclic amines) is 1. The van der Waals surface area contributed by atoms with E-state index in [1.54, 1.807) is 0 Å². The summed E-state index contributed by atoms with van der Waals surface area (Å²) in [6.45, 7) is 10.2. The third kappa shape index (κ3) is 3.73. The lowest BCUT2D eigenvalue weighted by molar-refractivity contribution is 0.276. The highest BCUT2D eigenvalue weighted by atomic mass is 19.1. The van der Waals surface area contributed by atoms with Crippen LogP contribution in [0.2, 0.25) is 0 Å². The van der Waals surface area contributed by atoms with Gasteiger partial charge in [-0.3, -0.25) is 4.99 Å². The van der Waals surface area contributed by atoms with E-state index in [2.05, 4.69) is 28.9 Å². The van der Waals surface area contributed by atoms with Crippen molar-refractivity contribution in [2.45, 2.75) is 45.2 Å². The van der Waals surface area contributed by atoms with Crippen LogP contribution in [0.1, 0.15) is 38.7 Å². The standard InChI is InChI=1S/C28H30FN3/c1-4-18(2)30-28-23(19(3)32-16-21-12-13-22(17-32)31-21)14-15-26(27(28)29)25-11-7-9-20-8-5-6-10-24(20)25/h5-11,14-15,21-22,31H,3-4,12-13,16-17H2,1-2H3. The van der Waals surface area contributed by atoms with Gasteiger partial charge in [0.15, 0.2) is 5.82 Å². The topological polar surface area (TPSA) is 27.6 Å². The number of halogens is 1. The maximum atomic E-state index is 16.2. The molecule has 0 aromatic heterocycles. The lowest BCUT2D eigenvalue weighted by atomic mass is 9.95. The van der Waals surface area contributed by atoms with Gasteiger partial charge in [0, 0.05) is 47.7 Å². The van der Waals surface area contributed by atoms with Crippen LogP contribution >= 0.6 is 0 Å². The second kappa shape index (κ2) is 8.51. The van der Waals surface area contributed by atoms with Gasteiger partial charge < -0.3 is 10.2 Å². The quantitative estimate of drug-likeness (QED) is 0.467. The third-order valence-electron chi connectivity index (χ3n) is 6.92. The first-order valence-electron chi connectivity index (χ1n) is 11.6. The average molecular weight is 428 g/mol. The summed E-state index contributed by atoms with van der Waals surface area (Å²) in [6, 6.07) is 19.1. The normalized spacial score (nSPS) is 20.7. The highest BCUT2D eigenvalue weighted by Crippen LogP contribution is 2.39. The molecule has 2 aliphatic rings. The monoisotopic (exact) mass is 427 g/mol. The summed E-state index contributed by atoms with van der Waals surface area (Å²) >= 11 is 0. The second-order valence-corrected chi connectivity index (χ2v) is 9.04. The summed E-state index contributed by atoms with van der Waals surface area (Å²) < 4.78 is 16.2. The first-order valence-corrected chi connectivity index (χ1v) is 11.6. The number of rotatable bonds is 5. The molecule has 3 aromatic rings. The Morgan fingerprint density at radius 2 is 1.75 bits per heavy atom. The van der Waals surface area contributed by atoms with Crippen LogP contribution in [-0.2, 0) is 0 Å². The smallest absolute Gasteiger partial charge is 0.157 e. The fourth-order valence-electron chi connectivity index (χ4n) is 5.03. The summed E-state index contributed by atoms with van der Waals surface area (Å²) in [7, 11) is 0. The minimum atomic E-state index is -0.272. The highest BCUT2D eigenvalue weighted by Gasteiger charge is 2.33. The van der Waals surface area contributed by atoms with Crippen LogP contribution in [0.15, 0.2) is 66.2 Å². The van der Waals surface area contributed by atoms with Crippen molar-refractivity contribution >= 4 is 27.9 Å². The summed E-state index contributed by atoms with van der Waals surface area (Å²) in [5.74, 6) is -0.272. The molecule has 3 aromatic carbocycles. The van der Waals surface area contributed by atoms with E-state index in [-0.39, 0.29) is 5.82 Å². The van der Waals surface area contributed by atoms with Gasteiger partial charge in [-0.2, -0.15) is 0 Å². The molecule has 4 heteroatoms. The summed E-state index contributed by atoms with van der Waals surface area (Å²) in [6.07, 6.45) is 3.17. The minimum absolute atomic E-state index is 0.272. The number of piperazine rings is 1. The van der Waals surface area contributed by atoms with E-state index < -0.39 is 0 Å². The van der Waals surface area contributed by atoms with Crippen molar-refractivity contribution in [3.63, 3.8) is 0 Å². The van der Waals surface area contributed by atoms with Crippen molar-refractivity contribution < 1.29 is 4.39 Å². The van der Waals surface area contributed by atoms with E-state index in [1.165, 1.54) is 12.8 Å². The molecule has 2 aliphatic heterocycles. The Morgan fingerprint density at radius 3 is 2.50 bits per heavy atom. The van der Waals surface area contributed by atoms with Crippen molar-refractivity contribution in [1.29, 1.82) is 0 Å². The zero-order valence-electron chi connectivity index (χ0n) is 18.9. The molecule has 2 bridgehead atoms. The lowest BCUT2D eigenvalue weighted by Gasteiger charge is -2.36. The van der Waals surface area contributed by atoms with E-state index in [0.29, 0.717) is 23.3 Å². The molecule has 2 fully saturated rings. The third-order valence-corrected chi connectivity index (χ3v) is 6.92. The fraction of sp³-hybridized carbons (Fsp3) is 0.321. The Bertz CT molecular complexity index is 1200. The zero-order valence-corrected chi connectivity index (χ0v) is 18.9. The number of nitrogens with zero attached hydrogens (tertiary/aromatic N) is 2. The zero-order chi connectivity index (χ0) is 22.2. The maximum Gasteiger partial charge on any atom is 0.157 e. The first kappa shape index (κ1) is 20.9. The molecule has 0 aliphatic carbocycles. The van der Waals surface area contributed by atoms with Crippen molar-refractivity contribution in [1.82, 2.24) is 10.2 Å². The number of hydrogen-bond donors (Lipinski definition) is 1. The van der Waals surface area contributed by atoms with Gasteiger partial charge in [-0.25, -0.2) is 4.39 Å². The van der Waals surface area contributed by atoms with Gasteiger partial charge in [0.1, 0.15) is 5.69 Å². The van der Waals surface area contributed by atoms with Crippen LogP contribution in [-0.4, -0.2) is 35.8 Å². The van der Waals surface area contributed by atoms with Gasteiger partial charge >= 0.3 is 0 Å². The molecular formula is C28H30FN3. The Kier molecular flexibility index (Phi) is 5.56. The Labute approximate surface area is 189 Å². The van der Waals surface area contributed by atoms with Crippen LogP contribution in [0.3, 0.4) is 0 Å². The number of benzene rings is 3. The van der Waals surface area contributed by atoms with Gasteiger partial charge in [-0.1, -0.05) is 62.0 Å². The van der Waals surface area contributed by atoms with Gasteiger partial charge in [0.05, 0.1) is 0 Å². The second-order valence-electron chi connectivity index (χ2n) is 9.04. The van der Waals surface area contributed by atoms with Crippen molar-refractivity contribution in [3.8, 4) is 11.1 Å². The van der Waals surface area contributed by atoms with E-state index in [0.717, 1.165) is 52.8 Å². The molecule has 2 unspecified atom stereocenters. The molecule has 3 nitrogen and oxygen atoms in total.